The third-order valence-electron chi connectivity index (χ3n) is 3.39. The molecule has 0 aromatic heterocycles. The molecule has 1 aromatic rings. The Bertz CT molecular complexity index is 669. The van der Waals surface area contributed by atoms with Gasteiger partial charge in [-0.25, -0.2) is 13.2 Å². The first-order valence-corrected chi connectivity index (χ1v) is 7.71. The smallest absolute Gasteiger partial charge is 0.337 e. The number of sulfonamides is 1. The zero-order valence-electron chi connectivity index (χ0n) is 11.4. The fraction of sp³-hybridized carbons (Fsp3) is 0.385. The summed E-state index contributed by atoms with van der Waals surface area (Å²) < 4.78 is 30.6. The number of aliphatic carboxylic acids is 1. The van der Waals surface area contributed by atoms with Crippen LogP contribution in [0.2, 0.25) is 0 Å². The summed E-state index contributed by atoms with van der Waals surface area (Å²) >= 11 is 0. The highest BCUT2D eigenvalue weighted by molar-refractivity contribution is 7.89. The SMILES string of the molecule is COC(=O)c1cccc(S(=O)(=O)N2CCC(C(=O)O)C2)c1. The Hall–Kier alpha value is -1.93. The molecule has 0 amide bonds. The average molecular weight is 313 g/mol. The summed E-state index contributed by atoms with van der Waals surface area (Å²) in [6.07, 6.45) is 0.283. The number of methoxy groups -OCH3 is 1. The number of esters is 1. The van der Waals surface area contributed by atoms with Crippen molar-refractivity contribution in [2.24, 2.45) is 5.92 Å². The van der Waals surface area contributed by atoms with E-state index in [1.54, 1.807) is 0 Å². The highest BCUT2D eigenvalue weighted by atomic mass is 32.2. The largest absolute Gasteiger partial charge is 0.481 e. The monoisotopic (exact) mass is 313 g/mol. The van der Waals surface area contributed by atoms with Gasteiger partial charge < -0.3 is 9.84 Å². The van der Waals surface area contributed by atoms with Crippen LogP contribution in [0.5, 0.6) is 0 Å². The molecule has 1 heterocycles. The van der Waals surface area contributed by atoms with Crippen molar-refractivity contribution < 1.29 is 27.9 Å². The molecule has 1 atom stereocenters. The molecular formula is C13H15NO6S. The summed E-state index contributed by atoms with van der Waals surface area (Å²) in [5.74, 6) is -2.32. The van der Waals surface area contributed by atoms with Crippen molar-refractivity contribution in [1.82, 2.24) is 4.31 Å². The van der Waals surface area contributed by atoms with E-state index in [-0.39, 0.29) is 30.0 Å². The van der Waals surface area contributed by atoms with Gasteiger partial charge in [-0.15, -0.1) is 0 Å². The van der Waals surface area contributed by atoms with Crippen LogP contribution in [0.25, 0.3) is 0 Å². The highest BCUT2D eigenvalue weighted by Crippen LogP contribution is 2.25. The Labute approximate surface area is 122 Å². The maximum atomic E-state index is 12.4. The number of carbonyl (C=O) groups excluding carboxylic acids is 1. The van der Waals surface area contributed by atoms with Crippen molar-refractivity contribution >= 4 is 22.0 Å². The fourth-order valence-corrected chi connectivity index (χ4v) is 3.75. The second-order valence-electron chi connectivity index (χ2n) is 4.71. The number of carboxylic acids is 1. The minimum Gasteiger partial charge on any atom is -0.481 e. The lowest BCUT2D eigenvalue weighted by Crippen LogP contribution is -2.30. The molecule has 1 aliphatic rings. The van der Waals surface area contributed by atoms with Crippen molar-refractivity contribution in [3.63, 3.8) is 0 Å². The van der Waals surface area contributed by atoms with Gasteiger partial charge in [-0.05, 0) is 24.6 Å². The topological polar surface area (TPSA) is 101 Å². The van der Waals surface area contributed by atoms with E-state index >= 15 is 0 Å². The molecular weight excluding hydrogens is 298 g/mol. The molecule has 8 heteroatoms. The molecule has 114 valence electrons. The molecule has 0 aliphatic carbocycles. The Morgan fingerprint density at radius 3 is 2.67 bits per heavy atom. The van der Waals surface area contributed by atoms with Crippen LogP contribution in [0.15, 0.2) is 29.2 Å². The van der Waals surface area contributed by atoms with E-state index in [0.717, 1.165) is 4.31 Å². The number of carboxylic acid groups (broad SMARTS) is 1. The molecule has 21 heavy (non-hydrogen) atoms. The summed E-state index contributed by atoms with van der Waals surface area (Å²) in [6, 6.07) is 5.50. The van der Waals surface area contributed by atoms with Crippen LogP contribution in [0.4, 0.5) is 0 Å². The molecule has 1 N–H and O–H groups in total. The lowest BCUT2D eigenvalue weighted by Gasteiger charge is -2.16. The highest BCUT2D eigenvalue weighted by Gasteiger charge is 2.35. The molecule has 0 radical (unpaired) electrons. The van der Waals surface area contributed by atoms with Gasteiger partial charge >= 0.3 is 11.9 Å². The molecule has 1 saturated heterocycles. The molecule has 0 spiro atoms. The number of ether oxygens (including phenoxy) is 1. The Morgan fingerprint density at radius 2 is 2.10 bits per heavy atom. The third-order valence-corrected chi connectivity index (χ3v) is 5.25. The summed E-state index contributed by atoms with van der Waals surface area (Å²) in [4.78, 5) is 22.3. The van der Waals surface area contributed by atoms with E-state index in [2.05, 4.69) is 4.74 Å². The Balaban J connectivity index is 2.28. The number of hydrogen-bond acceptors (Lipinski definition) is 5. The van der Waals surface area contributed by atoms with Gasteiger partial charge in [0.15, 0.2) is 0 Å². The quantitative estimate of drug-likeness (QED) is 0.815. The Kier molecular flexibility index (Phi) is 4.29. The van der Waals surface area contributed by atoms with Gasteiger partial charge in [0.1, 0.15) is 0 Å². The van der Waals surface area contributed by atoms with Crippen molar-refractivity contribution in [3.05, 3.63) is 29.8 Å². The lowest BCUT2D eigenvalue weighted by atomic mass is 10.1. The molecule has 7 nitrogen and oxygen atoms in total. The van der Waals surface area contributed by atoms with Crippen LogP contribution in [0.3, 0.4) is 0 Å². The number of carbonyl (C=O) groups is 2. The first kappa shape index (κ1) is 15.5. The fourth-order valence-electron chi connectivity index (χ4n) is 2.20. The van der Waals surface area contributed by atoms with Crippen LogP contribution in [-0.4, -0.2) is 50.0 Å². The summed E-state index contributed by atoms with van der Waals surface area (Å²) in [5, 5.41) is 8.93. The van der Waals surface area contributed by atoms with Gasteiger partial charge in [-0.3, -0.25) is 4.79 Å². The number of rotatable bonds is 4. The minimum atomic E-state index is -3.81. The second-order valence-corrected chi connectivity index (χ2v) is 6.64. The summed E-state index contributed by atoms with van der Waals surface area (Å²) in [5.41, 5.74) is 0.132. The molecule has 1 unspecified atom stereocenters. The Morgan fingerprint density at radius 1 is 1.38 bits per heavy atom. The molecule has 1 aromatic carbocycles. The first-order chi connectivity index (χ1) is 9.86. The molecule has 1 fully saturated rings. The normalized spacial score (nSPS) is 19.4. The number of hydrogen-bond donors (Lipinski definition) is 1. The van der Waals surface area contributed by atoms with Crippen molar-refractivity contribution in [1.29, 1.82) is 0 Å². The van der Waals surface area contributed by atoms with E-state index < -0.39 is 27.9 Å². The van der Waals surface area contributed by atoms with Gasteiger partial charge in [0.2, 0.25) is 10.0 Å². The number of nitrogens with zero attached hydrogens (tertiary/aromatic N) is 1. The lowest BCUT2D eigenvalue weighted by molar-refractivity contribution is -0.141. The zero-order valence-corrected chi connectivity index (χ0v) is 12.2. The predicted molar refractivity (Wildman–Crippen MR) is 72.3 cm³/mol. The van der Waals surface area contributed by atoms with Crippen molar-refractivity contribution in [2.45, 2.75) is 11.3 Å². The van der Waals surface area contributed by atoms with Gasteiger partial charge in [0, 0.05) is 13.1 Å². The van der Waals surface area contributed by atoms with E-state index in [1.807, 2.05) is 0 Å². The van der Waals surface area contributed by atoms with Crippen LogP contribution in [0, 0.1) is 5.92 Å². The van der Waals surface area contributed by atoms with E-state index in [1.165, 1.54) is 31.4 Å². The molecule has 1 aliphatic heterocycles. The molecule has 0 bridgehead atoms. The summed E-state index contributed by atoms with van der Waals surface area (Å²) in [7, 11) is -2.60. The maximum Gasteiger partial charge on any atom is 0.337 e. The van der Waals surface area contributed by atoms with Gasteiger partial charge in [0.25, 0.3) is 0 Å². The van der Waals surface area contributed by atoms with E-state index in [9.17, 15) is 18.0 Å². The van der Waals surface area contributed by atoms with Crippen molar-refractivity contribution in [3.8, 4) is 0 Å². The van der Waals surface area contributed by atoms with Crippen LogP contribution in [0.1, 0.15) is 16.8 Å². The standard InChI is InChI=1S/C13H15NO6S/c1-20-13(17)9-3-2-4-11(7-9)21(18,19)14-6-5-10(8-14)12(15)16/h2-4,7,10H,5-6,8H2,1H3,(H,15,16). The third kappa shape index (κ3) is 3.06. The second kappa shape index (κ2) is 5.82. The molecule has 0 saturated carbocycles. The van der Waals surface area contributed by atoms with E-state index in [0.29, 0.717) is 0 Å². The summed E-state index contributed by atoms with van der Waals surface area (Å²) in [6.45, 7) is 0.0991. The van der Waals surface area contributed by atoms with Crippen molar-refractivity contribution in [2.75, 3.05) is 20.2 Å². The van der Waals surface area contributed by atoms with Crippen LogP contribution in [-0.2, 0) is 19.6 Å². The predicted octanol–water partition coefficient (Wildman–Crippen LogP) is 0.568. The average Bonchev–Trinajstić information content (AvgIpc) is 2.97. The first-order valence-electron chi connectivity index (χ1n) is 6.27. The zero-order chi connectivity index (χ0) is 15.6. The maximum absolute atomic E-state index is 12.4. The minimum absolute atomic E-state index is 0.0450. The van der Waals surface area contributed by atoms with Crippen LogP contribution < -0.4 is 0 Å². The van der Waals surface area contributed by atoms with E-state index in [4.69, 9.17) is 5.11 Å². The number of benzene rings is 1. The molecule has 2 rings (SSSR count). The van der Waals surface area contributed by atoms with Gasteiger partial charge in [-0.2, -0.15) is 4.31 Å². The van der Waals surface area contributed by atoms with Gasteiger partial charge in [-0.1, -0.05) is 6.07 Å². The van der Waals surface area contributed by atoms with Gasteiger partial charge in [0.05, 0.1) is 23.5 Å². The van der Waals surface area contributed by atoms with Crippen LogP contribution >= 0.6 is 0 Å².